The van der Waals surface area contributed by atoms with Crippen LogP contribution in [0.1, 0.15) is 6.92 Å². The van der Waals surface area contributed by atoms with Gasteiger partial charge in [-0.3, -0.25) is 9.78 Å². The first kappa shape index (κ1) is 18.9. The second kappa shape index (κ2) is 7.53. The number of aromatic nitrogens is 4. The van der Waals surface area contributed by atoms with Crippen LogP contribution in [-0.2, 0) is 14.8 Å². The minimum Gasteiger partial charge on any atom is -0.302 e. The zero-order valence-corrected chi connectivity index (χ0v) is 16.7. The summed E-state index contributed by atoms with van der Waals surface area (Å²) < 4.78 is 28.1. The van der Waals surface area contributed by atoms with Crippen LogP contribution in [0, 0.1) is 0 Å². The van der Waals surface area contributed by atoms with Gasteiger partial charge < -0.3 is 5.32 Å². The number of sulfonamides is 1. The van der Waals surface area contributed by atoms with Crippen molar-refractivity contribution < 1.29 is 13.2 Å². The first-order chi connectivity index (χ1) is 13.9. The van der Waals surface area contributed by atoms with Gasteiger partial charge in [-0.1, -0.05) is 17.4 Å². The van der Waals surface area contributed by atoms with Crippen LogP contribution < -0.4 is 10.0 Å². The second-order valence-corrected chi connectivity index (χ2v) is 8.66. The molecule has 1 aromatic carbocycles. The summed E-state index contributed by atoms with van der Waals surface area (Å²) >= 11 is 1.34. The van der Waals surface area contributed by atoms with Crippen LogP contribution >= 0.6 is 11.3 Å². The highest BCUT2D eigenvalue weighted by molar-refractivity contribution is 7.92. The van der Waals surface area contributed by atoms with Crippen LogP contribution in [0.15, 0.2) is 59.9 Å². The molecule has 3 aromatic heterocycles. The number of nitrogens with one attached hydrogen (secondary N) is 2. The zero-order chi connectivity index (χ0) is 20.4. The Hall–Kier alpha value is -3.44. The molecule has 11 heteroatoms. The van der Waals surface area contributed by atoms with Gasteiger partial charge in [-0.05, 0) is 30.3 Å². The number of pyridine rings is 1. The van der Waals surface area contributed by atoms with Crippen molar-refractivity contribution in [3.05, 3.63) is 55.0 Å². The lowest BCUT2D eigenvalue weighted by Crippen LogP contribution is -2.15. The fourth-order valence-corrected chi connectivity index (χ4v) is 4.41. The van der Waals surface area contributed by atoms with Gasteiger partial charge in [-0.15, -0.1) is 0 Å². The van der Waals surface area contributed by atoms with Crippen molar-refractivity contribution in [1.29, 1.82) is 0 Å². The third-order valence-corrected chi connectivity index (χ3v) is 6.04. The van der Waals surface area contributed by atoms with Gasteiger partial charge in [-0.2, -0.15) is 0 Å². The highest BCUT2D eigenvalue weighted by Gasteiger charge is 2.16. The Bertz CT molecular complexity index is 1310. The largest absolute Gasteiger partial charge is 0.302 e. The van der Waals surface area contributed by atoms with E-state index in [1.807, 2.05) is 18.2 Å². The number of benzene rings is 1. The molecule has 0 aliphatic rings. The summed E-state index contributed by atoms with van der Waals surface area (Å²) in [7, 11) is -3.84. The monoisotopic (exact) mass is 426 g/mol. The summed E-state index contributed by atoms with van der Waals surface area (Å²) in [6.07, 6.45) is 4.21. The van der Waals surface area contributed by atoms with E-state index in [1.54, 1.807) is 6.07 Å². The van der Waals surface area contributed by atoms with Gasteiger partial charge in [0.25, 0.3) is 10.0 Å². The fraction of sp³-hybridized carbons (Fsp3) is 0.0556. The number of amides is 1. The molecule has 0 saturated carbocycles. The maximum absolute atomic E-state index is 12.4. The summed E-state index contributed by atoms with van der Waals surface area (Å²) in [5.74, 6) is -0.236. The molecule has 0 aliphatic heterocycles. The maximum Gasteiger partial charge on any atom is 0.265 e. The molecule has 2 N–H and O–H groups in total. The summed E-state index contributed by atoms with van der Waals surface area (Å²) in [5.41, 5.74) is 2.05. The Morgan fingerprint density at radius 2 is 1.97 bits per heavy atom. The van der Waals surface area contributed by atoms with E-state index < -0.39 is 10.0 Å². The Labute approximate surface area is 169 Å². The van der Waals surface area contributed by atoms with Crippen LogP contribution in [-0.4, -0.2) is 34.3 Å². The highest BCUT2D eigenvalue weighted by Crippen LogP contribution is 2.30. The minimum absolute atomic E-state index is 0.0191. The topological polar surface area (TPSA) is 127 Å². The van der Waals surface area contributed by atoms with Crippen LogP contribution in [0.5, 0.6) is 0 Å². The van der Waals surface area contributed by atoms with Gasteiger partial charge >= 0.3 is 0 Å². The molecule has 29 heavy (non-hydrogen) atoms. The molecule has 4 rings (SSSR count). The van der Waals surface area contributed by atoms with Crippen molar-refractivity contribution in [3.63, 3.8) is 0 Å². The van der Waals surface area contributed by atoms with Gasteiger partial charge in [0.15, 0.2) is 5.13 Å². The van der Waals surface area contributed by atoms with Gasteiger partial charge in [0.05, 0.1) is 15.9 Å². The average Bonchev–Trinajstić information content (AvgIpc) is 3.09. The van der Waals surface area contributed by atoms with Crippen molar-refractivity contribution in [3.8, 4) is 11.3 Å². The van der Waals surface area contributed by atoms with Gasteiger partial charge in [0, 0.05) is 31.1 Å². The number of carbonyl (C=O) groups is 1. The summed E-state index contributed by atoms with van der Waals surface area (Å²) in [4.78, 5) is 27.7. The molecular weight excluding hydrogens is 412 g/mol. The van der Waals surface area contributed by atoms with E-state index in [9.17, 15) is 13.2 Å². The number of anilines is 2. The molecule has 3 heterocycles. The van der Waals surface area contributed by atoms with Crippen LogP contribution in [0.3, 0.4) is 0 Å². The second-order valence-electron chi connectivity index (χ2n) is 5.94. The Morgan fingerprint density at radius 3 is 2.72 bits per heavy atom. The molecular formula is C18H14N6O3S2. The minimum atomic E-state index is -3.84. The Balaban J connectivity index is 1.64. The molecule has 146 valence electrons. The SMILES string of the molecule is CC(=O)Nc1nc2ccc(-c3ccnc(NS(=O)(=O)c4cccnc4)n3)cc2s1. The average molecular weight is 426 g/mol. The lowest BCUT2D eigenvalue weighted by Gasteiger charge is -2.07. The van der Waals surface area contributed by atoms with Gasteiger partial charge in [0.1, 0.15) is 4.90 Å². The molecule has 0 bridgehead atoms. The van der Waals surface area contributed by atoms with Crippen molar-refractivity contribution in [1.82, 2.24) is 19.9 Å². The third kappa shape index (κ3) is 4.20. The number of nitrogens with zero attached hydrogens (tertiary/aromatic N) is 4. The predicted molar refractivity (Wildman–Crippen MR) is 110 cm³/mol. The van der Waals surface area contributed by atoms with Crippen molar-refractivity contribution in [2.75, 3.05) is 10.0 Å². The fourth-order valence-electron chi connectivity index (χ4n) is 2.54. The van der Waals surface area contributed by atoms with E-state index in [-0.39, 0.29) is 16.8 Å². The number of carbonyl (C=O) groups excluding carboxylic acids is 1. The summed E-state index contributed by atoms with van der Waals surface area (Å²) in [6.45, 7) is 1.42. The quantitative estimate of drug-likeness (QED) is 0.502. The zero-order valence-electron chi connectivity index (χ0n) is 15.0. The number of rotatable bonds is 5. The molecule has 0 aliphatic carbocycles. The molecule has 9 nitrogen and oxygen atoms in total. The molecule has 0 atom stereocenters. The summed E-state index contributed by atoms with van der Waals surface area (Å²) in [6, 6.07) is 10.2. The standard InChI is InChI=1S/C18H14N6O3S2/c1-11(25)21-18-23-15-5-4-12(9-16(15)28-18)14-6-8-20-17(22-14)24-29(26,27)13-3-2-7-19-10-13/h2-10H,1H3,(H,20,22,24)(H,21,23,25). The third-order valence-electron chi connectivity index (χ3n) is 3.79. The molecule has 0 saturated heterocycles. The van der Waals surface area contributed by atoms with Gasteiger partial charge in [0.2, 0.25) is 11.9 Å². The normalized spacial score (nSPS) is 11.3. The summed E-state index contributed by atoms with van der Waals surface area (Å²) in [5, 5.41) is 3.18. The number of hydrogen-bond donors (Lipinski definition) is 2. The smallest absolute Gasteiger partial charge is 0.265 e. The molecule has 0 radical (unpaired) electrons. The highest BCUT2D eigenvalue weighted by atomic mass is 32.2. The molecule has 0 spiro atoms. The molecule has 4 aromatic rings. The van der Waals surface area contributed by atoms with E-state index in [0.29, 0.717) is 10.8 Å². The van der Waals surface area contributed by atoms with E-state index in [2.05, 4.69) is 30.0 Å². The van der Waals surface area contributed by atoms with E-state index in [0.717, 1.165) is 15.8 Å². The van der Waals surface area contributed by atoms with Crippen LogP contribution in [0.4, 0.5) is 11.1 Å². The first-order valence-corrected chi connectivity index (χ1v) is 10.7. The van der Waals surface area contributed by atoms with Gasteiger partial charge in [-0.25, -0.2) is 28.1 Å². The Kier molecular flexibility index (Phi) is 4.91. The maximum atomic E-state index is 12.4. The molecule has 1 amide bonds. The number of thiazole rings is 1. The van der Waals surface area contributed by atoms with Crippen molar-refractivity contribution >= 4 is 48.6 Å². The van der Waals surface area contributed by atoms with E-state index >= 15 is 0 Å². The van der Waals surface area contributed by atoms with Crippen LogP contribution in [0.25, 0.3) is 21.5 Å². The molecule has 0 unspecified atom stereocenters. The van der Waals surface area contributed by atoms with E-state index in [4.69, 9.17) is 0 Å². The first-order valence-electron chi connectivity index (χ1n) is 8.35. The number of fused-ring (bicyclic) bond motifs is 1. The predicted octanol–water partition coefficient (Wildman–Crippen LogP) is 2.91. The van der Waals surface area contributed by atoms with Crippen molar-refractivity contribution in [2.24, 2.45) is 0 Å². The van der Waals surface area contributed by atoms with Crippen molar-refractivity contribution in [2.45, 2.75) is 11.8 Å². The van der Waals surface area contributed by atoms with Crippen LogP contribution in [0.2, 0.25) is 0 Å². The number of hydrogen-bond acceptors (Lipinski definition) is 8. The lowest BCUT2D eigenvalue weighted by atomic mass is 10.1. The molecule has 0 fully saturated rings. The lowest BCUT2D eigenvalue weighted by molar-refractivity contribution is -0.114. The Morgan fingerprint density at radius 1 is 1.10 bits per heavy atom. The van der Waals surface area contributed by atoms with E-state index in [1.165, 1.54) is 49.0 Å².